The highest BCUT2D eigenvalue weighted by molar-refractivity contribution is 6.47. The van der Waals surface area contributed by atoms with E-state index in [0.717, 1.165) is 4.90 Å². The van der Waals surface area contributed by atoms with Crippen LogP contribution in [-0.2, 0) is 19.1 Å². The summed E-state index contributed by atoms with van der Waals surface area (Å²) in [6, 6.07) is 10.5. The first-order valence-corrected chi connectivity index (χ1v) is 9.64. The fourth-order valence-electron chi connectivity index (χ4n) is 3.64. The zero-order valence-corrected chi connectivity index (χ0v) is 16.9. The quantitative estimate of drug-likeness (QED) is 0.302. The number of anilines is 2. The smallest absolute Gasteiger partial charge is 0.355 e. The van der Waals surface area contributed by atoms with Crippen molar-refractivity contribution in [2.75, 3.05) is 16.5 Å². The van der Waals surface area contributed by atoms with Crippen LogP contribution in [0.25, 0.3) is 0 Å². The van der Waals surface area contributed by atoms with E-state index in [1.54, 1.807) is 31.2 Å². The van der Waals surface area contributed by atoms with Crippen LogP contribution in [0.2, 0.25) is 5.02 Å². The number of amides is 2. The van der Waals surface area contributed by atoms with E-state index in [1.165, 1.54) is 29.3 Å². The van der Waals surface area contributed by atoms with Gasteiger partial charge in [0.2, 0.25) is 5.91 Å². The summed E-state index contributed by atoms with van der Waals surface area (Å²) in [7, 11) is 0. The van der Waals surface area contributed by atoms with E-state index in [2.05, 4.69) is 5.10 Å². The summed E-state index contributed by atoms with van der Waals surface area (Å²) in [5.74, 6) is -3.61. The molecule has 0 aromatic heterocycles. The molecule has 2 aliphatic heterocycles. The van der Waals surface area contributed by atoms with Gasteiger partial charge in [-0.25, -0.2) is 9.69 Å². The number of fused-ring (bicyclic) bond motifs is 1. The van der Waals surface area contributed by atoms with Crippen LogP contribution in [0.3, 0.4) is 0 Å². The van der Waals surface area contributed by atoms with E-state index in [0.29, 0.717) is 10.7 Å². The van der Waals surface area contributed by atoms with Crippen LogP contribution in [0.4, 0.5) is 17.1 Å². The van der Waals surface area contributed by atoms with Crippen molar-refractivity contribution in [3.63, 3.8) is 0 Å². The number of hydrazone groups is 1. The Morgan fingerprint density at radius 2 is 1.84 bits per heavy atom. The Labute approximate surface area is 180 Å². The molecule has 0 spiro atoms. The summed E-state index contributed by atoms with van der Waals surface area (Å²) in [4.78, 5) is 50.6. The minimum Gasteiger partial charge on any atom is -0.461 e. The molecule has 0 N–H and O–H groups in total. The Morgan fingerprint density at radius 1 is 1.16 bits per heavy atom. The number of carbonyl (C=O) groups is 3. The number of halogens is 1. The van der Waals surface area contributed by atoms with E-state index in [-0.39, 0.29) is 18.0 Å². The molecule has 0 bridgehead atoms. The number of para-hydroxylation sites is 2. The maximum absolute atomic E-state index is 13.3. The summed E-state index contributed by atoms with van der Waals surface area (Å²) in [5.41, 5.74) is -0.390. The van der Waals surface area contributed by atoms with Crippen molar-refractivity contribution in [3.05, 3.63) is 63.7 Å². The van der Waals surface area contributed by atoms with Crippen molar-refractivity contribution in [2.24, 2.45) is 11.0 Å². The molecule has 11 heteroatoms. The fourth-order valence-corrected chi connectivity index (χ4v) is 3.77. The van der Waals surface area contributed by atoms with Crippen LogP contribution in [0.1, 0.15) is 6.92 Å². The topological polar surface area (TPSA) is 122 Å². The highest BCUT2D eigenvalue weighted by atomic mass is 35.5. The maximum atomic E-state index is 13.3. The molecule has 2 amide bonds. The lowest BCUT2D eigenvalue weighted by Gasteiger charge is -2.22. The predicted molar refractivity (Wildman–Crippen MR) is 111 cm³/mol. The zero-order valence-electron chi connectivity index (χ0n) is 16.1. The van der Waals surface area contributed by atoms with Gasteiger partial charge in [-0.1, -0.05) is 23.7 Å². The molecule has 0 radical (unpaired) electrons. The van der Waals surface area contributed by atoms with Gasteiger partial charge in [-0.2, -0.15) is 5.10 Å². The molecule has 2 aromatic rings. The number of nitro benzene ring substituents is 1. The number of nitrogens with zero attached hydrogens (tertiary/aromatic N) is 4. The van der Waals surface area contributed by atoms with Crippen LogP contribution in [-0.4, -0.2) is 41.1 Å². The average Bonchev–Trinajstić information content (AvgIpc) is 3.26. The molecule has 0 unspecified atom stereocenters. The van der Waals surface area contributed by atoms with E-state index < -0.39 is 40.4 Å². The van der Waals surface area contributed by atoms with Gasteiger partial charge in [-0.3, -0.25) is 24.7 Å². The monoisotopic (exact) mass is 442 g/mol. The van der Waals surface area contributed by atoms with Gasteiger partial charge >= 0.3 is 5.97 Å². The lowest BCUT2D eigenvalue weighted by atomic mass is 9.98. The Bertz CT molecular complexity index is 1130. The fraction of sp³-hybridized carbons (Fsp3) is 0.200. The van der Waals surface area contributed by atoms with Crippen LogP contribution in [0, 0.1) is 16.0 Å². The molecule has 1 saturated heterocycles. The van der Waals surface area contributed by atoms with Gasteiger partial charge in [0.25, 0.3) is 11.6 Å². The van der Waals surface area contributed by atoms with Gasteiger partial charge in [0, 0.05) is 11.1 Å². The van der Waals surface area contributed by atoms with Crippen molar-refractivity contribution < 1.29 is 24.0 Å². The van der Waals surface area contributed by atoms with Crippen molar-refractivity contribution in [1.82, 2.24) is 0 Å². The normalized spacial score (nSPS) is 20.0. The molecule has 0 aliphatic carbocycles. The van der Waals surface area contributed by atoms with E-state index >= 15 is 0 Å². The lowest BCUT2D eigenvalue weighted by Crippen LogP contribution is -2.39. The molecule has 10 nitrogen and oxygen atoms in total. The molecule has 1 fully saturated rings. The molecule has 158 valence electrons. The molecule has 4 rings (SSSR count). The van der Waals surface area contributed by atoms with Gasteiger partial charge in [0.05, 0.1) is 17.2 Å². The Kier molecular flexibility index (Phi) is 5.15. The molecule has 2 heterocycles. The second-order valence-electron chi connectivity index (χ2n) is 6.71. The molecule has 2 aromatic carbocycles. The number of rotatable bonds is 5. The second kappa shape index (κ2) is 7.80. The van der Waals surface area contributed by atoms with Crippen LogP contribution in [0.15, 0.2) is 53.6 Å². The standard InChI is InChI=1S/C20H15ClN4O6/c1-2-31-20(28)16-15-17(24(22-16)12-9-7-11(21)8-10-12)19(27)23(18(15)26)13-5-3-4-6-14(13)25(29)30/h3-10,15,17H,2H2,1H3/t15-,17-/m0/s1. The minimum absolute atomic E-state index is 0.0478. The van der Waals surface area contributed by atoms with Crippen molar-refractivity contribution >= 4 is 52.2 Å². The number of nitro groups is 1. The molecule has 0 saturated carbocycles. The van der Waals surface area contributed by atoms with Gasteiger partial charge in [0.15, 0.2) is 5.71 Å². The third-order valence-electron chi connectivity index (χ3n) is 4.94. The van der Waals surface area contributed by atoms with Crippen molar-refractivity contribution in [1.29, 1.82) is 0 Å². The SMILES string of the molecule is CCOC(=O)C1=NN(c2ccc(Cl)cc2)[C@@H]2C(=O)N(c3ccccc3[N+](=O)[O-])C(=O)[C@@H]12. The highest BCUT2D eigenvalue weighted by Gasteiger charge is 2.59. The van der Waals surface area contributed by atoms with E-state index in [9.17, 15) is 24.5 Å². The number of ether oxygens (including phenoxy) is 1. The van der Waals surface area contributed by atoms with Crippen molar-refractivity contribution in [3.8, 4) is 0 Å². The maximum Gasteiger partial charge on any atom is 0.355 e. The van der Waals surface area contributed by atoms with E-state index in [1.807, 2.05) is 0 Å². The predicted octanol–water partition coefficient (Wildman–Crippen LogP) is 2.55. The summed E-state index contributed by atoms with van der Waals surface area (Å²) < 4.78 is 5.02. The third-order valence-corrected chi connectivity index (χ3v) is 5.20. The zero-order chi connectivity index (χ0) is 22.3. The van der Waals surface area contributed by atoms with Crippen LogP contribution < -0.4 is 9.91 Å². The van der Waals surface area contributed by atoms with Gasteiger partial charge in [-0.15, -0.1) is 0 Å². The Morgan fingerprint density at radius 3 is 2.48 bits per heavy atom. The summed E-state index contributed by atoms with van der Waals surface area (Å²) in [6.45, 7) is 1.65. The first-order valence-electron chi connectivity index (χ1n) is 9.26. The number of imide groups is 1. The second-order valence-corrected chi connectivity index (χ2v) is 7.14. The summed E-state index contributed by atoms with van der Waals surface area (Å²) in [6.07, 6.45) is 0. The van der Waals surface area contributed by atoms with Crippen molar-refractivity contribution in [2.45, 2.75) is 13.0 Å². The number of carbonyl (C=O) groups excluding carboxylic acids is 3. The van der Waals surface area contributed by atoms with E-state index in [4.69, 9.17) is 16.3 Å². The molecular formula is C20H15ClN4O6. The Hall–Kier alpha value is -3.79. The minimum atomic E-state index is -1.26. The average molecular weight is 443 g/mol. The Balaban J connectivity index is 1.82. The van der Waals surface area contributed by atoms with Crippen LogP contribution in [0.5, 0.6) is 0 Å². The summed E-state index contributed by atoms with van der Waals surface area (Å²) in [5, 5.41) is 17.4. The van der Waals surface area contributed by atoms with Gasteiger partial charge < -0.3 is 4.74 Å². The van der Waals surface area contributed by atoms with Gasteiger partial charge in [0.1, 0.15) is 17.6 Å². The highest BCUT2D eigenvalue weighted by Crippen LogP contribution is 2.40. The first-order chi connectivity index (χ1) is 14.8. The first kappa shape index (κ1) is 20.5. The molecular weight excluding hydrogens is 428 g/mol. The van der Waals surface area contributed by atoms with Crippen LogP contribution >= 0.6 is 11.6 Å². The summed E-state index contributed by atoms with van der Waals surface area (Å²) >= 11 is 5.93. The lowest BCUT2D eigenvalue weighted by molar-refractivity contribution is -0.384. The number of hydrogen-bond donors (Lipinski definition) is 0. The molecule has 31 heavy (non-hydrogen) atoms. The largest absolute Gasteiger partial charge is 0.461 e. The molecule has 2 atom stereocenters. The van der Waals surface area contributed by atoms with Gasteiger partial charge in [-0.05, 0) is 37.3 Å². The third kappa shape index (κ3) is 3.30. The number of esters is 1. The molecule has 2 aliphatic rings. The number of benzene rings is 2. The number of hydrogen-bond acceptors (Lipinski definition) is 8.